The predicted molar refractivity (Wildman–Crippen MR) is 132 cm³/mol. The number of fused-ring (bicyclic) bond motifs is 1. The lowest BCUT2D eigenvalue weighted by molar-refractivity contribution is 0.0963. The molecule has 0 aliphatic heterocycles. The number of nitrogens with zero attached hydrogens (tertiary/aromatic N) is 3. The van der Waals surface area contributed by atoms with Gasteiger partial charge in [0.2, 0.25) is 0 Å². The third-order valence-electron chi connectivity index (χ3n) is 4.89. The van der Waals surface area contributed by atoms with Gasteiger partial charge in [-0.25, -0.2) is 9.97 Å². The number of hydrogen-bond donors (Lipinski definition) is 2. The van der Waals surface area contributed by atoms with Gasteiger partial charge in [-0.2, -0.15) is 0 Å². The van der Waals surface area contributed by atoms with Gasteiger partial charge in [0.15, 0.2) is 11.6 Å². The molecule has 1 unspecified atom stereocenters. The van der Waals surface area contributed by atoms with E-state index in [0.717, 1.165) is 4.31 Å². The Balaban J connectivity index is 1.91. The fraction of sp³-hybridized carbons (Fsp3) is 0.0870. The molecule has 4 rings (SSSR count). The van der Waals surface area contributed by atoms with Crippen LogP contribution in [0, 0.1) is 0 Å². The van der Waals surface area contributed by atoms with Crippen LogP contribution in [-0.4, -0.2) is 38.8 Å². The van der Waals surface area contributed by atoms with E-state index in [9.17, 15) is 13.6 Å². The molecule has 0 radical (unpaired) electrons. The summed E-state index contributed by atoms with van der Waals surface area (Å²) >= 11 is 3.56. The van der Waals surface area contributed by atoms with E-state index in [1.54, 1.807) is 60.7 Å². The van der Waals surface area contributed by atoms with Gasteiger partial charge in [0.1, 0.15) is 5.75 Å². The first-order valence-electron chi connectivity index (χ1n) is 10.00. The second-order valence-electron chi connectivity index (χ2n) is 7.00. The second-order valence-corrected chi connectivity index (χ2v) is 8.20. The van der Waals surface area contributed by atoms with Crippen LogP contribution >= 0.6 is 11.6 Å². The smallest absolute Gasteiger partial charge is 0.251 e. The van der Waals surface area contributed by atoms with Crippen molar-refractivity contribution < 1.29 is 18.3 Å². The zero-order valence-electron chi connectivity index (χ0n) is 18.1. The largest absolute Gasteiger partial charge is 0.755 e. The van der Waals surface area contributed by atoms with E-state index in [1.165, 1.54) is 20.2 Å². The van der Waals surface area contributed by atoms with Crippen LogP contribution in [0.4, 0.5) is 23.0 Å². The highest BCUT2D eigenvalue weighted by molar-refractivity contribution is 7.81. The number of amides is 1. The topological polar surface area (TPSA) is 120 Å². The number of para-hydroxylation sites is 2. The molecule has 0 aliphatic carbocycles. The summed E-state index contributed by atoms with van der Waals surface area (Å²) in [5, 5.41) is 5.98. The lowest BCUT2D eigenvalue weighted by Crippen LogP contribution is -2.23. The lowest BCUT2D eigenvalue weighted by Gasteiger charge is -2.27. The minimum absolute atomic E-state index is 0.0000217. The van der Waals surface area contributed by atoms with Crippen molar-refractivity contribution in [2.45, 2.75) is 0 Å². The molecular formula is C23H19ClN5O4S-. The normalized spacial score (nSPS) is 11.6. The molecule has 174 valence electrons. The summed E-state index contributed by atoms with van der Waals surface area (Å²) in [6, 6.07) is 18.2. The standard InChI is InChI=1S/C23H20ClN5O4S/c1-25-23(30)14-6-5-7-15(12-14)29(34(31)32)22-21(26-18-8-3-4-9-19(18)28-22)27-20-13-16(33-2)10-11-17(20)24/h3-13H,1-2H3,(H,25,30)(H,26,27)(H,31,32)/p-1. The number of benzene rings is 3. The maximum Gasteiger partial charge on any atom is 0.251 e. The first-order valence-corrected chi connectivity index (χ1v) is 11.4. The Morgan fingerprint density at radius 3 is 2.47 bits per heavy atom. The molecule has 0 saturated carbocycles. The molecule has 0 aliphatic rings. The summed E-state index contributed by atoms with van der Waals surface area (Å²) in [7, 11) is 3.02. The van der Waals surface area contributed by atoms with Crippen LogP contribution in [0.1, 0.15) is 10.4 Å². The molecule has 0 bridgehead atoms. The number of aromatic nitrogens is 2. The van der Waals surface area contributed by atoms with Crippen molar-refractivity contribution in [3.63, 3.8) is 0 Å². The fourth-order valence-electron chi connectivity index (χ4n) is 3.27. The number of hydrogen-bond acceptors (Lipinski definition) is 7. The Kier molecular flexibility index (Phi) is 6.92. The average Bonchev–Trinajstić information content (AvgIpc) is 2.85. The van der Waals surface area contributed by atoms with Gasteiger partial charge >= 0.3 is 0 Å². The molecule has 1 amide bonds. The van der Waals surface area contributed by atoms with Crippen molar-refractivity contribution in [2.75, 3.05) is 23.8 Å². The molecule has 9 nitrogen and oxygen atoms in total. The Labute approximate surface area is 203 Å². The van der Waals surface area contributed by atoms with Crippen LogP contribution < -0.4 is 19.7 Å². The van der Waals surface area contributed by atoms with Gasteiger partial charge in [-0.3, -0.25) is 13.3 Å². The molecule has 0 saturated heterocycles. The number of rotatable bonds is 7. The Morgan fingerprint density at radius 2 is 1.79 bits per heavy atom. The highest BCUT2D eigenvalue weighted by Crippen LogP contribution is 2.36. The average molecular weight is 497 g/mol. The quantitative estimate of drug-likeness (QED) is 0.365. The Hall–Kier alpha value is -3.73. The first-order chi connectivity index (χ1) is 16.4. The van der Waals surface area contributed by atoms with Gasteiger partial charge in [-0.05, 0) is 42.5 Å². The molecule has 3 aromatic carbocycles. The Morgan fingerprint density at radius 1 is 1.06 bits per heavy atom. The number of halogens is 1. The summed E-state index contributed by atoms with van der Waals surface area (Å²) in [5.41, 5.74) is 1.97. The van der Waals surface area contributed by atoms with Crippen molar-refractivity contribution in [1.29, 1.82) is 0 Å². The summed E-state index contributed by atoms with van der Waals surface area (Å²) in [6.45, 7) is 0. The van der Waals surface area contributed by atoms with Gasteiger partial charge in [0.25, 0.3) is 5.91 Å². The van der Waals surface area contributed by atoms with Gasteiger partial charge in [0, 0.05) is 18.7 Å². The van der Waals surface area contributed by atoms with Crippen molar-refractivity contribution in [3.8, 4) is 5.75 Å². The van der Waals surface area contributed by atoms with Crippen LogP contribution in [-0.2, 0) is 11.3 Å². The molecule has 34 heavy (non-hydrogen) atoms. The minimum atomic E-state index is -2.80. The van der Waals surface area contributed by atoms with Gasteiger partial charge < -0.3 is 19.9 Å². The van der Waals surface area contributed by atoms with Gasteiger partial charge in [0.05, 0.1) is 45.8 Å². The predicted octanol–water partition coefficient (Wildman–Crippen LogP) is 4.33. The van der Waals surface area contributed by atoms with Crippen molar-refractivity contribution in [2.24, 2.45) is 0 Å². The van der Waals surface area contributed by atoms with E-state index < -0.39 is 11.3 Å². The molecule has 11 heteroatoms. The third kappa shape index (κ3) is 4.79. The zero-order chi connectivity index (χ0) is 24.2. The maximum absolute atomic E-state index is 12.4. The van der Waals surface area contributed by atoms with E-state index in [0.29, 0.717) is 27.5 Å². The molecule has 1 atom stereocenters. The third-order valence-corrected chi connectivity index (χ3v) is 5.90. The summed E-state index contributed by atoms with van der Waals surface area (Å²) in [5.74, 6) is 0.331. The summed E-state index contributed by atoms with van der Waals surface area (Å²) in [4.78, 5) is 21.3. The number of ether oxygens (including phenoxy) is 1. The zero-order valence-corrected chi connectivity index (χ0v) is 19.7. The van der Waals surface area contributed by atoms with E-state index in [-0.39, 0.29) is 28.8 Å². The molecule has 0 spiro atoms. The van der Waals surface area contributed by atoms with E-state index in [4.69, 9.17) is 16.3 Å². The maximum atomic E-state index is 12.4. The van der Waals surface area contributed by atoms with E-state index in [1.807, 2.05) is 0 Å². The highest BCUT2D eigenvalue weighted by atomic mass is 35.5. The van der Waals surface area contributed by atoms with Crippen LogP contribution in [0.2, 0.25) is 5.02 Å². The van der Waals surface area contributed by atoms with Crippen LogP contribution in [0.25, 0.3) is 11.0 Å². The van der Waals surface area contributed by atoms with Crippen molar-refractivity contribution >= 4 is 62.8 Å². The summed E-state index contributed by atoms with van der Waals surface area (Å²) in [6.07, 6.45) is 0. The second kappa shape index (κ2) is 10.0. The first kappa shape index (κ1) is 23.4. The SMILES string of the molecule is CNC(=O)c1cccc(N(c2nc3ccccc3nc2Nc2cc(OC)ccc2Cl)S(=O)[O-])c1. The number of carbonyl (C=O) groups is 1. The van der Waals surface area contributed by atoms with Crippen LogP contribution in [0.15, 0.2) is 66.7 Å². The van der Waals surface area contributed by atoms with E-state index in [2.05, 4.69) is 20.6 Å². The van der Waals surface area contributed by atoms with Crippen LogP contribution in [0.3, 0.4) is 0 Å². The molecule has 4 aromatic rings. The van der Waals surface area contributed by atoms with Crippen molar-refractivity contribution in [1.82, 2.24) is 15.3 Å². The molecule has 0 fully saturated rings. The lowest BCUT2D eigenvalue weighted by atomic mass is 10.2. The monoisotopic (exact) mass is 496 g/mol. The van der Waals surface area contributed by atoms with Crippen LogP contribution in [0.5, 0.6) is 5.75 Å². The molecule has 1 aromatic heterocycles. The summed E-state index contributed by atoms with van der Waals surface area (Å²) < 4.78 is 31.1. The van der Waals surface area contributed by atoms with E-state index >= 15 is 0 Å². The minimum Gasteiger partial charge on any atom is -0.755 e. The molecule has 1 heterocycles. The Bertz CT molecular complexity index is 1400. The number of anilines is 4. The molecular weight excluding hydrogens is 478 g/mol. The highest BCUT2D eigenvalue weighted by Gasteiger charge is 2.21. The number of nitrogens with one attached hydrogen (secondary N) is 2. The van der Waals surface area contributed by atoms with Crippen molar-refractivity contribution in [3.05, 3.63) is 77.3 Å². The molecule has 2 N–H and O–H groups in total. The fourth-order valence-corrected chi connectivity index (χ4v) is 3.99. The van der Waals surface area contributed by atoms with Gasteiger partial charge in [-0.15, -0.1) is 0 Å². The number of methoxy groups -OCH3 is 1. The number of carbonyl (C=O) groups excluding carboxylic acids is 1. The van der Waals surface area contributed by atoms with Gasteiger partial charge in [-0.1, -0.05) is 29.8 Å².